The zero-order valence-electron chi connectivity index (χ0n) is 16.2. The average Bonchev–Trinajstić information content (AvgIpc) is 3.44. The van der Waals surface area contributed by atoms with Crippen molar-refractivity contribution in [3.63, 3.8) is 0 Å². The number of pyridine rings is 1. The fourth-order valence-corrected chi connectivity index (χ4v) is 3.80. The number of rotatable bonds is 7. The van der Waals surface area contributed by atoms with Crippen LogP contribution in [0.4, 0.5) is 5.69 Å². The van der Waals surface area contributed by atoms with Crippen LogP contribution in [-0.4, -0.2) is 34.9 Å². The molecule has 2 amide bonds. The zero-order valence-corrected chi connectivity index (χ0v) is 17.0. The lowest BCUT2D eigenvalue weighted by molar-refractivity contribution is -0.118. The highest BCUT2D eigenvalue weighted by atomic mass is 32.1. The maximum atomic E-state index is 13.0. The Balaban J connectivity index is 1.56. The molecule has 152 valence electrons. The van der Waals surface area contributed by atoms with Crippen molar-refractivity contribution in [3.05, 3.63) is 76.7 Å². The topological polar surface area (TPSA) is 96.1 Å². The Hall–Kier alpha value is -3.65. The van der Waals surface area contributed by atoms with Crippen LogP contribution >= 0.6 is 11.3 Å². The Morgan fingerprint density at radius 2 is 2.03 bits per heavy atom. The average molecular weight is 420 g/mol. The summed E-state index contributed by atoms with van der Waals surface area (Å²) in [5.41, 5.74) is 2.45. The number of hydrogen-bond donors (Lipinski definition) is 3. The quantitative estimate of drug-likeness (QED) is 0.426. The Morgan fingerprint density at radius 1 is 1.17 bits per heavy atom. The van der Waals surface area contributed by atoms with Gasteiger partial charge in [-0.05, 0) is 29.1 Å². The zero-order chi connectivity index (χ0) is 20.9. The van der Waals surface area contributed by atoms with E-state index in [9.17, 15) is 9.59 Å². The number of thiophene rings is 1. The molecule has 0 fully saturated rings. The van der Waals surface area contributed by atoms with Gasteiger partial charge in [-0.1, -0.05) is 24.3 Å². The number of aromatic amines is 1. The van der Waals surface area contributed by atoms with Crippen LogP contribution in [0.1, 0.15) is 15.2 Å². The summed E-state index contributed by atoms with van der Waals surface area (Å²) in [4.78, 5) is 33.5. The Kier molecular flexibility index (Phi) is 5.76. The number of methoxy groups -OCH3 is 1. The summed E-state index contributed by atoms with van der Waals surface area (Å²) in [6.45, 7) is 0. The number of nitrogens with zero attached hydrogens (tertiary/aromatic N) is 1. The molecule has 8 heteroatoms. The van der Waals surface area contributed by atoms with Crippen LogP contribution in [0.2, 0.25) is 0 Å². The second-order valence-electron chi connectivity index (χ2n) is 6.65. The first-order valence-corrected chi connectivity index (χ1v) is 10.2. The first kappa shape index (κ1) is 19.7. The normalized spacial score (nSPS) is 11.8. The summed E-state index contributed by atoms with van der Waals surface area (Å²) in [6, 6.07) is 14.0. The van der Waals surface area contributed by atoms with Gasteiger partial charge in [0.05, 0.1) is 23.9 Å². The molecule has 1 aromatic carbocycles. The van der Waals surface area contributed by atoms with E-state index in [4.69, 9.17) is 4.74 Å². The molecule has 30 heavy (non-hydrogen) atoms. The number of carbonyl (C=O) groups is 2. The maximum Gasteiger partial charge on any atom is 0.262 e. The molecule has 4 aromatic rings. The summed E-state index contributed by atoms with van der Waals surface area (Å²) in [5, 5.41) is 8.54. The highest BCUT2D eigenvalue weighted by molar-refractivity contribution is 7.12. The summed E-state index contributed by atoms with van der Waals surface area (Å²) in [7, 11) is 1.53. The predicted octanol–water partition coefficient (Wildman–Crippen LogP) is 3.61. The van der Waals surface area contributed by atoms with Crippen molar-refractivity contribution >= 4 is 39.7 Å². The lowest BCUT2D eigenvalue weighted by atomic mass is 10.0. The van der Waals surface area contributed by atoms with Crippen molar-refractivity contribution in [1.29, 1.82) is 0 Å². The summed E-state index contributed by atoms with van der Waals surface area (Å²) < 4.78 is 5.04. The molecule has 0 saturated heterocycles. The predicted molar refractivity (Wildman–Crippen MR) is 117 cm³/mol. The number of benzene rings is 1. The Morgan fingerprint density at radius 3 is 2.77 bits per heavy atom. The summed E-state index contributed by atoms with van der Waals surface area (Å²) in [6.07, 6.45) is 3.73. The highest BCUT2D eigenvalue weighted by Crippen LogP contribution is 2.20. The molecular weight excluding hydrogens is 400 g/mol. The monoisotopic (exact) mass is 420 g/mol. The van der Waals surface area contributed by atoms with Gasteiger partial charge in [0.2, 0.25) is 11.8 Å². The second-order valence-corrected chi connectivity index (χ2v) is 7.59. The van der Waals surface area contributed by atoms with Crippen LogP contribution in [0.5, 0.6) is 5.88 Å². The van der Waals surface area contributed by atoms with Gasteiger partial charge in [0.15, 0.2) is 0 Å². The second kappa shape index (κ2) is 8.79. The molecule has 3 heterocycles. The van der Waals surface area contributed by atoms with Crippen LogP contribution in [0.3, 0.4) is 0 Å². The molecular formula is C22H20N4O3S. The third-order valence-electron chi connectivity index (χ3n) is 4.68. The van der Waals surface area contributed by atoms with E-state index in [1.54, 1.807) is 24.3 Å². The van der Waals surface area contributed by atoms with Gasteiger partial charge in [-0.3, -0.25) is 9.59 Å². The lowest BCUT2D eigenvalue weighted by Crippen LogP contribution is -2.45. The molecule has 1 atom stereocenters. The van der Waals surface area contributed by atoms with Gasteiger partial charge in [-0.25, -0.2) is 4.98 Å². The van der Waals surface area contributed by atoms with E-state index in [1.807, 2.05) is 35.8 Å². The van der Waals surface area contributed by atoms with Gasteiger partial charge in [-0.2, -0.15) is 0 Å². The standard InChI is InChI=1S/C22H20N4O3S/c1-29-20-9-8-15(13-24-20)25-21(27)18(26-22(28)19-7-4-10-30-19)11-14-12-23-17-6-3-2-5-16(14)17/h2-10,12-13,18,23H,11H2,1H3,(H,25,27)(H,26,28)/t18-/m1/s1. The molecule has 0 aliphatic carbocycles. The number of ether oxygens (including phenoxy) is 1. The molecule has 0 aliphatic rings. The number of para-hydroxylation sites is 1. The third-order valence-corrected chi connectivity index (χ3v) is 5.55. The Labute approximate surface area is 177 Å². The third kappa shape index (κ3) is 4.33. The van der Waals surface area contributed by atoms with Crippen molar-refractivity contribution in [2.75, 3.05) is 12.4 Å². The van der Waals surface area contributed by atoms with Crippen LogP contribution < -0.4 is 15.4 Å². The summed E-state index contributed by atoms with van der Waals surface area (Å²) in [5.74, 6) is -0.149. The molecule has 0 unspecified atom stereocenters. The van der Waals surface area contributed by atoms with Crippen molar-refractivity contribution in [3.8, 4) is 5.88 Å². The number of carbonyl (C=O) groups excluding carboxylic acids is 2. The largest absolute Gasteiger partial charge is 0.481 e. The minimum atomic E-state index is -0.763. The van der Waals surface area contributed by atoms with Crippen molar-refractivity contribution < 1.29 is 14.3 Å². The van der Waals surface area contributed by atoms with E-state index >= 15 is 0 Å². The lowest BCUT2D eigenvalue weighted by Gasteiger charge is -2.18. The van der Waals surface area contributed by atoms with Crippen LogP contribution in [-0.2, 0) is 11.2 Å². The van der Waals surface area contributed by atoms with E-state index in [0.29, 0.717) is 22.9 Å². The van der Waals surface area contributed by atoms with Crippen molar-refractivity contribution in [1.82, 2.24) is 15.3 Å². The molecule has 0 aliphatic heterocycles. The number of anilines is 1. The molecule has 0 spiro atoms. The highest BCUT2D eigenvalue weighted by Gasteiger charge is 2.24. The number of nitrogens with one attached hydrogen (secondary N) is 3. The summed E-state index contributed by atoms with van der Waals surface area (Å²) >= 11 is 1.33. The number of aromatic nitrogens is 2. The van der Waals surface area contributed by atoms with Gasteiger partial charge in [0.25, 0.3) is 5.91 Å². The number of hydrogen-bond acceptors (Lipinski definition) is 5. The van der Waals surface area contributed by atoms with Crippen LogP contribution in [0.25, 0.3) is 10.9 Å². The SMILES string of the molecule is COc1ccc(NC(=O)[C@@H](Cc2c[nH]c3ccccc23)NC(=O)c2cccs2)cn1. The van der Waals surface area contributed by atoms with E-state index < -0.39 is 6.04 Å². The van der Waals surface area contributed by atoms with Gasteiger partial charge in [-0.15, -0.1) is 11.3 Å². The van der Waals surface area contributed by atoms with E-state index in [-0.39, 0.29) is 11.8 Å². The van der Waals surface area contributed by atoms with Crippen molar-refractivity contribution in [2.45, 2.75) is 12.5 Å². The molecule has 0 saturated carbocycles. The van der Waals surface area contributed by atoms with Crippen molar-refractivity contribution in [2.24, 2.45) is 0 Å². The van der Waals surface area contributed by atoms with Gasteiger partial charge < -0.3 is 20.4 Å². The molecule has 0 bridgehead atoms. The molecule has 4 rings (SSSR count). The first-order valence-electron chi connectivity index (χ1n) is 9.34. The van der Waals surface area contributed by atoms with Crippen LogP contribution in [0.15, 0.2) is 66.3 Å². The first-order chi connectivity index (χ1) is 14.6. The Bertz CT molecular complexity index is 1150. The smallest absolute Gasteiger partial charge is 0.262 e. The maximum absolute atomic E-state index is 13.0. The van der Waals surface area contributed by atoms with Crippen LogP contribution in [0, 0.1) is 0 Å². The molecule has 3 N–H and O–H groups in total. The minimum absolute atomic E-state index is 0.280. The van der Waals surface area contributed by atoms with Gasteiger partial charge in [0.1, 0.15) is 6.04 Å². The molecule has 3 aromatic heterocycles. The number of H-pyrrole nitrogens is 1. The molecule has 0 radical (unpaired) electrons. The minimum Gasteiger partial charge on any atom is -0.481 e. The van der Waals surface area contributed by atoms with E-state index in [1.165, 1.54) is 24.6 Å². The number of fused-ring (bicyclic) bond motifs is 1. The fourth-order valence-electron chi connectivity index (χ4n) is 3.17. The fraction of sp³-hybridized carbons (Fsp3) is 0.136. The van der Waals surface area contributed by atoms with Gasteiger partial charge >= 0.3 is 0 Å². The molecule has 7 nitrogen and oxygen atoms in total. The number of amides is 2. The van der Waals surface area contributed by atoms with Gasteiger partial charge in [0, 0.05) is 29.6 Å². The van der Waals surface area contributed by atoms with E-state index in [0.717, 1.165) is 16.5 Å². The van der Waals surface area contributed by atoms with E-state index in [2.05, 4.69) is 20.6 Å².